The van der Waals surface area contributed by atoms with Gasteiger partial charge in [0.15, 0.2) is 6.10 Å². The van der Waals surface area contributed by atoms with Gasteiger partial charge in [-0.1, -0.05) is 276 Å². The number of unbranched alkanes of at least 4 members (excludes halogenated alkanes) is 42. The Labute approximate surface area is 430 Å². The van der Waals surface area contributed by atoms with Gasteiger partial charge in [-0.25, -0.2) is 0 Å². The number of carbonyl (C=O) groups excluding carboxylic acids is 3. The first kappa shape index (κ1) is 66.9. The summed E-state index contributed by atoms with van der Waals surface area (Å²) in [5.41, 5.74) is 0. The molecule has 0 saturated heterocycles. The number of rotatable bonds is 57. The second kappa shape index (κ2) is 58.5. The summed E-state index contributed by atoms with van der Waals surface area (Å²) in [5, 5.41) is 0. The Bertz CT molecular complexity index is 1110. The number of hydrogen-bond acceptors (Lipinski definition) is 6. The number of allylic oxidation sites excluding steroid dienone is 4. The third-order valence-corrected chi connectivity index (χ3v) is 13.9. The normalized spacial score (nSPS) is 12.1. The van der Waals surface area contributed by atoms with E-state index in [2.05, 4.69) is 45.1 Å². The van der Waals surface area contributed by atoms with Gasteiger partial charge in [0, 0.05) is 19.3 Å². The minimum absolute atomic E-state index is 0.0704. The van der Waals surface area contributed by atoms with Crippen molar-refractivity contribution >= 4 is 17.9 Å². The summed E-state index contributed by atoms with van der Waals surface area (Å²) in [6.45, 7) is 6.66. The first-order valence-corrected chi connectivity index (χ1v) is 30.8. The van der Waals surface area contributed by atoms with E-state index in [1.807, 2.05) is 0 Å². The van der Waals surface area contributed by atoms with E-state index >= 15 is 0 Å². The van der Waals surface area contributed by atoms with Gasteiger partial charge in [-0.2, -0.15) is 0 Å². The van der Waals surface area contributed by atoms with Crippen molar-refractivity contribution in [1.82, 2.24) is 0 Å². The molecule has 1 unspecified atom stereocenters. The third kappa shape index (κ3) is 56.7. The summed E-state index contributed by atoms with van der Waals surface area (Å²) in [7, 11) is 0. The summed E-state index contributed by atoms with van der Waals surface area (Å²) in [6.07, 6.45) is 68.9. The van der Waals surface area contributed by atoms with Crippen LogP contribution in [-0.2, 0) is 28.6 Å². The van der Waals surface area contributed by atoms with Crippen molar-refractivity contribution in [2.45, 2.75) is 348 Å². The molecule has 0 spiro atoms. The summed E-state index contributed by atoms with van der Waals surface area (Å²) in [5.74, 6) is -0.858. The molecule has 0 aliphatic carbocycles. The zero-order valence-electron chi connectivity index (χ0n) is 46.6. The lowest BCUT2D eigenvalue weighted by Crippen LogP contribution is -2.30. The highest BCUT2D eigenvalue weighted by atomic mass is 16.6. The molecule has 6 heteroatoms. The number of esters is 3. The molecule has 0 aromatic carbocycles. The molecule has 0 aliphatic heterocycles. The Balaban J connectivity index is 4.27. The predicted octanol–water partition coefficient (Wildman–Crippen LogP) is 20.7. The lowest BCUT2D eigenvalue weighted by atomic mass is 10.0. The Morgan fingerprint density at radius 2 is 0.478 bits per heavy atom. The van der Waals surface area contributed by atoms with Crippen LogP contribution in [0.3, 0.4) is 0 Å². The van der Waals surface area contributed by atoms with Gasteiger partial charge in [-0.3, -0.25) is 14.4 Å². The highest BCUT2D eigenvalue weighted by Gasteiger charge is 2.19. The van der Waals surface area contributed by atoms with Gasteiger partial charge in [0.05, 0.1) is 0 Å². The van der Waals surface area contributed by atoms with Crippen molar-refractivity contribution in [3.8, 4) is 0 Å². The molecule has 0 N–H and O–H groups in total. The molecular formula is C63H118O6. The van der Waals surface area contributed by atoms with E-state index in [9.17, 15) is 14.4 Å². The van der Waals surface area contributed by atoms with Crippen molar-refractivity contribution < 1.29 is 28.6 Å². The molecule has 0 aliphatic rings. The van der Waals surface area contributed by atoms with Crippen molar-refractivity contribution in [3.05, 3.63) is 24.3 Å². The molecule has 0 fully saturated rings. The molecule has 1 atom stereocenters. The van der Waals surface area contributed by atoms with E-state index in [0.29, 0.717) is 19.3 Å². The van der Waals surface area contributed by atoms with Crippen LogP contribution >= 0.6 is 0 Å². The molecule has 406 valence electrons. The van der Waals surface area contributed by atoms with Gasteiger partial charge >= 0.3 is 17.9 Å². The van der Waals surface area contributed by atoms with E-state index in [1.54, 1.807) is 0 Å². The van der Waals surface area contributed by atoms with Crippen LogP contribution in [0.1, 0.15) is 342 Å². The van der Waals surface area contributed by atoms with Crippen LogP contribution in [0.15, 0.2) is 24.3 Å². The van der Waals surface area contributed by atoms with Crippen molar-refractivity contribution in [3.63, 3.8) is 0 Å². The van der Waals surface area contributed by atoms with E-state index in [1.165, 1.54) is 238 Å². The fraction of sp³-hybridized carbons (Fsp3) is 0.889. The van der Waals surface area contributed by atoms with Gasteiger partial charge in [0.25, 0.3) is 0 Å². The Hall–Kier alpha value is -2.11. The van der Waals surface area contributed by atoms with Gasteiger partial charge in [0.1, 0.15) is 13.2 Å². The lowest BCUT2D eigenvalue weighted by Gasteiger charge is -2.18. The Morgan fingerprint density at radius 1 is 0.275 bits per heavy atom. The molecule has 0 bridgehead atoms. The predicted molar refractivity (Wildman–Crippen MR) is 298 cm³/mol. The molecule has 0 amide bonds. The fourth-order valence-electron chi connectivity index (χ4n) is 9.26. The van der Waals surface area contributed by atoms with Gasteiger partial charge in [-0.15, -0.1) is 0 Å². The SMILES string of the molecule is CCCCC/C=C\CCCCCCCC(=O)OCC(COC(=O)CCCCCCCCCCC/C=C\CCCCCCCCCC)OC(=O)CCCCCCCCCCCCCCCCCCCC. The topological polar surface area (TPSA) is 78.9 Å². The number of hydrogen-bond donors (Lipinski definition) is 0. The minimum atomic E-state index is -0.772. The first-order chi connectivity index (χ1) is 34.0. The van der Waals surface area contributed by atoms with E-state index in [0.717, 1.165) is 64.2 Å². The molecule has 0 heterocycles. The van der Waals surface area contributed by atoms with Crippen molar-refractivity contribution in [2.75, 3.05) is 13.2 Å². The second-order valence-electron chi connectivity index (χ2n) is 21.0. The van der Waals surface area contributed by atoms with Gasteiger partial charge < -0.3 is 14.2 Å². The first-order valence-electron chi connectivity index (χ1n) is 30.8. The van der Waals surface area contributed by atoms with Crippen LogP contribution in [0.2, 0.25) is 0 Å². The maximum atomic E-state index is 12.9. The molecule has 0 radical (unpaired) electrons. The van der Waals surface area contributed by atoms with E-state index in [-0.39, 0.29) is 31.1 Å². The van der Waals surface area contributed by atoms with Crippen LogP contribution in [0, 0.1) is 0 Å². The van der Waals surface area contributed by atoms with Gasteiger partial charge in [-0.05, 0) is 70.6 Å². The Kier molecular flexibility index (Phi) is 56.7. The van der Waals surface area contributed by atoms with E-state index < -0.39 is 6.10 Å². The van der Waals surface area contributed by atoms with Crippen LogP contribution in [0.4, 0.5) is 0 Å². The monoisotopic (exact) mass is 971 g/mol. The molecule has 0 rings (SSSR count). The molecular weight excluding hydrogens is 853 g/mol. The average molecular weight is 972 g/mol. The number of carbonyl (C=O) groups is 3. The van der Waals surface area contributed by atoms with E-state index in [4.69, 9.17) is 14.2 Å². The van der Waals surface area contributed by atoms with Crippen molar-refractivity contribution in [1.29, 1.82) is 0 Å². The van der Waals surface area contributed by atoms with Crippen LogP contribution in [0.5, 0.6) is 0 Å². The number of ether oxygens (including phenoxy) is 3. The maximum absolute atomic E-state index is 12.9. The standard InChI is InChI=1S/C63H118O6/c1-4-7-10-13-16-19-22-25-27-29-31-32-33-35-36-38-41-44-47-50-53-56-62(65)68-59-60(58-67-61(64)55-52-49-46-43-40-24-21-18-15-12-9-6-3)69-63(66)57-54-51-48-45-42-39-37-34-30-28-26-23-20-17-14-11-8-5-2/h18,21,29,31,60H,4-17,19-20,22-28,30,32-59H2,1-3H3/b21-18-,31-29-. The smallest absolute Gasteiger partial charge is 0.306 e. The summed E-state index contributed by atoms with van der Waals surface area (Å²) < 4.78 is 16.9. The zero-order valence-corrected chi connectivity index (χ0v) is 46.6. The van der Waals surface area contributed by atoms with Gasteiger partial charge in [0.2, 0.25) is 0 Å². The van der Waals surface area contributed by atoms with Crippen LogP contribution in [0.25, 0.3) is 0 Å². The maximum Gasteiger partial charge on any atom is 0.306 e. The largest absolute Gasteiger partial charge is 0.462 e. The molecule has 0 aromatic rings. The lowest BCUT2D eigenvalue weighted by molar-refractivity contribution is -0.167. The highest BCUT2D eigenvalue weighted by molar-refractivity contribution is 5.71. The molecule has 0 saturated carbocycles. The summed E-state index contributed by atoms with van der Waals surface area (Å²) in [6, 6.07) is 0. The Morgan fingerprint density at radius 3 is 0.754 bits per heavy atom. The zero-order chi connectivity index (χ0) is 50.0. The highest BCUT2D eigenvalue weighted by Crippen LogP contribution is 2.17. The third-order valence-electron chi connectivity index (χ3n) is 13.9. The van der Waals surface area contributed by atoms with Crippen LogP contribution in [-0.4, -0.2) is 37.2 Å². The minimum Gasteiger partial charge on any atom is -0.462 e. The van der Waals surface area contributed by atoms with Crippen molar-refractivity contribution in [2.24, 2.45) is 0 Å². The summed E-state index contributed by atoms with van der Waals surface area (Å²) >= 11 is 0. The molecule has 0 aromatic heterocycles. The quantitative estimate of drug-likeness (QED) is 0.0261. The fourth-order valence-corrected chi connectivity index (χ4v) is 9.26. The second-order valence-corrected chi connectivity index (χ2v) is 21.0. The molecule has 6 nitrogen and oxygen atoms in total. The molecule has 69 heavy (non-hydrogen) atoms. The average Bonchev–Trinajstić information content (AvgIpc) is 3.35. The van der Waals surface area contributed by atoms with Crippen LogP contribution < -0.4 is 0 Å². The summed E-state index contributed by atoms with van der Waals surface area (Å²) in [4.78, 5) is 38.2.